The lowest BCUT2D eigenvalue weighted by Crippen LogP contribution is -2.05. The molecule has 0 unspecified atom stereocenters. The average Bonchev–Trinajstić information content (AvgIpc) is 2.74. The van der Waals surface area contributed by atoms with Gasteiger partial charge in [-0.3, -0.25) is 20.2 Å². The fourth-order valence-corrected chi connectivity index (χ4v) is 1.47. The minimum atomic E-state index is -0.719. The number of rotatable bonds is 3. The highest BCUT2D eigenvalue weighted by Crippen LogP contribution is 2.28. The Labute approximate surface area is 99.7 Å². The minimum Gasteiger partial charge on any atom is -0.384 e. The van der Waals surface area contributed by atoms with Crippen LogP contribution in [0.3, 0.4) is 0 Å². The van der Waals surface area contributed by atoms with Gasteiger partial charge in [-0.15, -0.1) is 0 Å². The third kappa shape index (κ3) is 1.84. The van der Waals surface area contributed by atoms with E-state index in [1.54, 1.807) is 0 Å². The predicted molar refractivity (Wildman–Crippen MR) is 61.3 cm³/mol. The SMILES string of the molecule is Nc1ccnn1-c1ccc([N+](=O)[O-])cc1[N+](=O)[O-]. The highest BCUT2D eigenvalue weighted by Gasteiger charge is 2.21. The van der Waals surface area contributed by atoms with Crippen LogP contribution in [0.5, 0.6) is 0 Å². The van der Waals surface area contributed by atoms with E-state index in [9.17, 15) is 20.2 Å². The summed E-state index contributed by atoms with van der Waals surface area (Å²) in [6.45, 7) is 0. The number of aromatic nitrogens is 2. The lowest BCUT2D eigenvalue weighted by atomic mass is 10.2. The first-order valence-corrected chi connectivity index (χ1v) is 4.73. The van der Waals surface area contributed by atoms with E-state index in [1.165, 1.54) is 18.3 Å². The number of nitrogens with zero attached hydrogens (tertiary/aromatic N) is 4. The van der Waals surface area contributed by atoms with Crippen molar-refractivity contribution in [2.45, 2.75) is 0 Å². The Morgan fingerprint density at radius 3 is 2.39 bits per heavy atom. The molecule has 2 rings (SSSR count). The van der Waals surface area contributed by atoms with Gasteiger partial charge < -0.3 is 5.73 Å². The van der Waals surface area contributed by atoms with Crippen LogP contribution in [0.1, 0.15) is 0 Å². The number of nitrogen functional groups attached to an aromatic ring is 1. The van der Waals surface area contributed by atoms with Crippen molar-refractivity contribution in [1.29, 1.82) is 0 Å². The number of benzene rings is 1. The predicted octanol–water partition coefficient (Wildman–Crippen LogP) is 1.27. The maximum atomic E-state index is 10.9. The number of nitro groups is 2. The number of nitro benzene ring substituents is 2. The van der Waals surface area contributed by atoms with Gasteiger partial charge in [0.1, 0.15) is 11.5 Å². The van der Waals surface area contributed by atoms with Gasteiger partial charge in [-0.2, -0.15) is 5.10 Å². The van der Waals surface area contributed by atoms with Crippen molar-refractivity contribution in [2.24, 2.45) is 0 Å². The van der Waals surface area contributed by atoms with Crippen molar-refractivity contribution in [3.05, 3.63) is 50.7 Å². The number of hydrogen-bond donors (Lipinski definition) is 1. The van der Waals surface area contributed by atoms with Gasteiger partial charge in [0.25, 0.3) is 5.69 Å². The molecule has 0 saturated carbocycles. The van der Waals surface area contributed by atoms with Crippen LogP contribution < -0.4 is 5.73 Å². The van der Waals surface area contributed by atoms with Crippen molar-refractivity contribution in [3.8, 4) is 5.69 Å². The molecule has 0 spiro atoms. The summed E-state index contributed by atoms with van der Waals surface area (Å²) in [4.78, 5) is 20.1. The number of anilines is 1. The topological polar surface area (TPSA) is 130 Å². The molecule has 0 aliphatic heterocycles. The summed E-state index contributed by atoms with van der Waals surface area (Å²) in [6.07, 6.45) is 1.38. The summed E-state index contributed by atoms with van der Waals surface area (Å²) in [7, 11) is 0. The first kappa shape index (κ1) is 11.5. The van der Waals surface area contributed by atoms with Gasteiger partial charge in [-0.25, -0.2) is 4.68 Å². The van der Waals surface area contributed by atoms with Crippen molar-refractivity contribution in [2.75, 3.05) is 5.73 Å². The smallest absolute Gasteiger partial charge is 0.301 e. The molecule has 0 saturated heterocycles. The zero-order valence-electron chi connectivity index (χ0n) is 8.89. The molecule has 92 valence electrons. The van der Waals surface area contributed by atoms with Crippen molar-refractivity contribution in [3.63, 3.8) is 0 Å². The van der Waals surface area contributed by atoms with Gasteiger partial charge in [0.2, 0.25) is 0 Å². The normalized spacial score (nSPS) is 10.2. The Kier molecular flexibility index (Phi) is 2.64. The zero-order chi connectivity index (χ0) is 13.3. The summed E-state index contributed by atoms with van der Waals surface area (Å²) in [5, 5.41) is 25.3. The summed E-state index contributed by atoms with van der Waals surface area (Å²) < 4.78 is 1.14. The maximum absolute atomic E-state index is 10.9. The van der Waals surface area contributed by atoms with Gasteiger partial charge in [0, 0.05) is 12.1 Å². The van der Waals surface area contributed by atoms with Crippen LogP contribution in [0.4, 0.5) is 17.2 Å². The molecule has 2 aromatic rings. The molecule has 9 heteroatoms. The molecule has 0 atom stereocenters. The standard InChI is InChI=1S/C9H7N5O4/c10-9-3-4-11-12(9)7-2-1-6(13(15)16)5-8(7)14(17)18/h1-5H,10H2. The van der Waals surface area contributed by atoms with E-state index in [0.29, 0.717) is 0 Å². The number of non-ortho nitro benzene ring substituents is 1. The molecule has 0 radical (unpaired) electrons. The highest BCUT2D eigenvalue weighted by atomic mass is 16.6. The van der Waals surface area contributed by atoms with Crippen LogP contribution in [0.15, 0.2) is 30.5 Å². The van der Waals surface area contributed by atoms with Gasteiger partial charge in [-0.05, 0) is 6.07 Å². The van der Waals surface area contributed by atoms with Crippen LogP contribution in [0, 0.1) is 20.2 Å². The largest absolute Gasteiger partial charge is 0.384 e. The molecule has 9 nitrogen and oxygen atoms in total. The Balaban J connectivity index is 2.65. The number of nitrogens with two attached hydrogens (primary N) is 1. The van der Waals surface area contributed by atoms with Gasteiger partial charge in [0.05, 0.1) is 22.1 Å². The molecule has 0 aliphatic rings. The molecule has 0 fully saturated rings. The molecule has 1 heterocycles. The molecule has 0 bridgehead atoms. The third-order valence-electron chi connectivity index (χ3n) is 2.27. The first-order chi connectivity index (χ1) is 8.50. The lowest BCUT2D eigenvalue weighted by Gasteiger charge is -2.04. The van der Waals surface area contributed by atoms with Crippen molar-refractivity contribution < 1.29 is 9.85 Å². The fraction of sp³-hybridized carbons (Fsp3) is 0. The van der Waals surface area contributed by atoms with E-state index in [0.717, 1.165) is 16.8 Å². The Hall–Kier alpha value is -2.97. The summed E-state index contributed by atoms with van der Waals surface area (Å²) in [5.41, 5.74) is 4.86. The summed E-state index contributed by atoms with van der Waals surface area (Å²) >= 11 is 0. The zero-order valence-corrected chi connectivity index (χ0v) is 8.89. The van der Waals surface area contributed by atoms with E-state index in [-0.39, 0.29) is 17.2 Å². The van der Waals surface area contributed by atoms with Crippen LogP contribution in [-0.4, -0.2) is 19.6 Å². The van der Waals surface area contributed by atoms with E-state index < -0.39 is 15.5 Å². The van der Waals surface area contributed by atoms with Gasteiger partial charge in [-0.1, -0.05) is 0 Å². The van der Waals surface area contributed by atoms with Crippen LogP contribution in [0.25, 0.3) is 5.69 Å². The third-order valence-corrected chi connectivity index (χ3v) is 2.27. The quantitative estimate of drug-likeness (QED) is 0.643. The fourth-order valence-electron chi connectivity index (χ4n) is 1.47. The second kappa shape index (κ2) is 4.13. The van der Waals surface area contributed by atoms with Crippen LogP contribution in [-0.2, 0) is 0 Å². The second-order valence-corrected chi connectivity index (χ2v) is 3.36. The highest BCUT2D eigenvalue weighted by molar-refractivity contribution is 5.59. The molecular weight excluding hydrogens is 242 g/mol. The molecule has 0 aliphatic carbocycles. The molecule has 18 heavy (non-hydrogen) atoms. The summed E-state index contributed by atoms with van der Waals surface area (Å²) in [6, 6.07) is 4.73. The molecule has 2 N–H and O–H groups in total. The van der Waals surface area contributed by atoms with E-state index >= 15 is 0 Å². The van der Waals surface area contributed by atoms with E-state index in [2.05, 4.69) is 5.10 Å². The Bertz CT molecular complexity index is 636. The van der Waals surface area contributed by atoms with E-state index in [4.69, 9.17) is 5.73 Å². The van der Waals surface area contributed by atoms with Crippen LogP contribution in [0.2, 0.25) is 0 Å². The average molecular weight is 249 g/mol. The number of hydrogen-bond acceptors (Lipinski definition) is 6. The van der Waals surface area contributed by atoms with Crippen LogP contribution >= 0.6 is 0 Å². The Morgan fingerprint density at radius 2 is 1.89 bits per heavy atom. The van der Waals surface area contributed by atoms with Gasteiger partial charge >= 0.3 is 5.69 Å². The van der Waals surface area contributed by atoms with Crippen molar-refractivity contribution >= 4 is 17.2 Å². The van der Waals surface area contributed by atoms with Crippen molar-refractivity contribution in [1.82, 2.24) is 9.78 Å². The maximum Gasteiger partial charge on any atom is 0.301 e. The minimum absolute atomic E-state index is 0.0769. The summed E-state index contributed by atoms with van der Waals surface area (Å²) in [5.74, 6) is 0.201. The monoisotopic (exact) mass is 249 g/mol. The second-order valence-electron chi connectivity index (χ2n) is 3.36. The molecule has 0 amide bonds. The van der Waals surface area contributed by atoms with E-state index in [1.807, 2.05) is 0 Å². The molecule has 1 aromatic heterocycles. The molecular formula is C9H7N5O4. The Morgan fingerprint density at radius 1 is 1.17 bits per heavy atom. The first-order valence-electron chi connectivity index (χ1n) is 4.73. The lowest BCUT2D eigenvalue weighted by molar-refractivity contribution is -0.394. The molecule has 1 aromatic carbocycles. The van der Waals surface area contributed by atoms with Gasteiger partial charge in [0.15, 0.2) is 0 Å².